The summed E-state index contributed by atoms with van der Waals surface area (Å²) in [6, 6.07) is 10.5. The molecule has 2 atom stereocenters. The summed E-state index contributed by atoms with van der Waals surface area (Å²) in [5, 5.41) is 11.6. The van der Waals surface area contributed by atoms with Crippen LogP contribution in [0.25, 0.3) is 5.69 Å². The van der Waals surface area contributed by atoms with Crippen molar-refractivity contribution in [2.24, 2.45) is 5.92 Å². The third-order valence-corrected chi connectivity index (χ3v) is 5.24. The van der Waals surface area contributed by atoms with Crippen LogP contribution in [0.5, 0.6) is 0 Å². The predicted molar refractivity (Wildman–Crippen MR) is 102 cm³/mol. The van der Waals surface area contributed by atoms with Gasteiger partial charge >= 0.3 is 0 Å². The Morgan fingerprint density at radius 1 is 1.28 bits per heavy atom. The van der Waals surface area contributed by atoms with E-state index in [0.29, 0.717) is 35.3 Å². The van der Waals surface area contributed by atoms with Gasteiger partial charge in [0.2, 0.25) is 5.91 Å². The third kappa shape index (κ3) is 4.17. The molecule has 2 bridgehead atoms. The minimum atomic E-state index is 0. The largest absolute Gasteiger partial charge is 0.311 e. The van der Waals surface area contributed by atoms with Crippen molar-refractivity contribution in [2.75, 3.05) is 5.32 Å². The molecular formula is C18H22Cl2N4O. The van der Waals surface area contributed by atoms with Crippen LogP contribution in [0.15, 0.2) is 36.5 Å². The summed E-state index contributed by atoms with van der Waals surface area (Å²) in [7, 11) is 0. The fourth-order valence-electron chi connectivity index (χ4n) is 4.01. The normalized spacial score (nSPS) is 24.6. The lowest BCUT2D eigenvalue weighted by Gasteiger charge is -2.28. The number of amides is 1. The molecule has 2 aromatic rings. The van der Waals surface area contributed by atoms with E-state index >= 15 is 0 Å². The highest BCUT2D eigenvalue weighted by Gasteiger charge is 2.34. The molecule has 134 valence electrons. The second-order valence-corrected chi connectivity index (χ2v) is 7.27. The first-order valence-corrected chi connectivity index (χ1v) is 8.91. The van der Waals surface area contributed by atoms with Gasteiger partial charge in [-0.3, -0.25) is 4.79 Å². The number of rotatable bonds is 4. The molecule has 4 rings (SSSR count). The molecule has 25 heavy (non-hydrogen) atoms. The molecule has 2 unspecified atom stereocenters. The van der Waals surface area contributed by atoms with Gasteiger partial charge in [0.05, 0.1) is 11.9 Å². The number of hydrogen-bond acceptors (Lipinski definition) is 3. The van der Waals surface area contributed by atoms with Crippen LogP contribution in [-0.2, 0) is 4.79 Å². The maximum Gasteiger partial charge on any atom is 0.225 e. The molecular weight excluding hydrogens is 359 g/mol. The summed E-state index contributed by atoms with van der Waals surface area (Å²) in [6.45, 7) is 0. The van der Waals surface area contributed by atoms with Crippen molar-refractivity contribution >= 4 is 35.7 Å². The topological polar surface area (TPSA) is 59.0 Å². The standard InChI is InChI=1S/C18H21ClN4O.ClH/c19-13-2-1-3-16(11-13)23-17(6-7-20-23)22-18(24)10-12-8-14-4-5-15(9-12)21-14;/h1-3,6-7,11-12,14-15,21H,4-5,8-10H2,(H,22,24);1H. The van der Waals surface area contributed by atoms with Gasteiger partial charge in [0.1, 0.15) is 5.82 Å². The average Bonchev–Trinajstić information content (AvgIpc) is 3.13. The van der Waals surface area contributed by atoms with E-state index < -0.39 is 0 Å². The Kier molecular flexibility index (Phi) is 5.67. The summed E-state index contributed by atoms with van der Waals surface area (Å²) >= 11 is 6.05. The van der Waals surface area contributed by atoms with Gasteiger partial charge in [-0.05, 0) is 49.8 Å². The Morgan fingerprint density at radius 3 is 2.76 bits per heavy atom. The minimum Gasteiger partial charge on any atom is -0.311 e. The van der Waals surface area contributed by atoms with Gasteiger partial charge in [-0.2, -0.15) is 5.10 Å². The maximum absolute atomic E-state index is 12.5. The number of fused-ring (bicyclic) bond motifs is 2. The first-order chi connectivity index (χ1) is 11.7. The molecule has 3 heterocycles. The van der Waals surface area contributed by atoms with E-state index in [1.54, 1.807) is 10.9 Å². The second kappa shape index (κ2) is 7.77. The summed E-state index contributed by atoms with van der Waals surface area (Å²) < 4.78 is 1.70. The van der Waals surface area contributed by atoms with Gasteiger partial charge in [0, 0.05) is 29.6 Å². The van der Waals surface area contributed by atoms with E-state index in [4.69, 9.17) is 11.6 Å². The first kappa shape index (κ1) is 18.2. The Balaban J connectivity index is 0.00000182. The van der Waals surface area contributed by atoms with Crippen molar-refractivity contribution in [3.63, 3.8) is 0 Å². The van der Waals surface area contributed by atoms with Gasteiger partial charge in [0.25, 0.3) is 0 Å². The fraction of sp³-hybridized carbons (Fsp3) is 0.444. The van der Waals surface area contributed by atoms with Crippen LogP contribution < -0.4 is 10.6 Å². The van der Waals surface area contributed by atoms with Gasteiger partial charge < -0.3 is 10.6 Å². The molecule has 2 aliphatic heterocycles. The fourth-order valence-corrected chi connectivity index (χ4v) is 4.19. The number of nitrogens with zero attached hydrogens (tertiary/aromatic N) is 2. The number of aromatic nitrogens is 2. The van der Waals surface area contributed by atoms with Crippen LogP contribution in [0.3, 0.4) is 0 Å². The molecule has 7 heteroatoms. The quantitative estimate of drug-likeness (QED) is 0.847. The van der Waals surface area contributed by atoms with E-state index in [-0.39, 0.29) is 18.3 Å². The van der Waals surface area contributed by atoms with E-state index in [2.05, 4.69) is 15.7 Å². The second-order valence-electron chi connectivity index (χ2n) is 6.84. The number of piperidine rings is 1. The van der Waals surface area contributed by atoms with Crippen LogP contribution >= 0.6 is 24.0 Å². The van der Waals surface area contributed by atoms with Crippen LogP contribution in [0.4, 0.5) is 5.82 Å². The van der Waals surface area contributed by atoms with Crippen LogP contribution in [0, 0.1) is 5.92 Å². The van der Waals surface area contributed by atoms with Gasteiger partial charge in [-0.15, -0.1) is 12.4 Å². The van der Waals surface area contributed by atoms with Gasteiger partial charge in [-0.1, -0.05) is 17.7 Å². The van der Waals surface area contributed by atoms with Crippen molar-refractivity contribution in [2.45, 2.75) is 44.2 Å². The highest BCUT2D eigenvalue weighted by atomic mass is 35.5. The summed E-state index contributed by atoms with van der Waals surface area (Å²) in [4.78, 5) is 12.5. The molecule has 1 aromatic carbocycles. The van der Waals surface area contributed by atoms with Crippen molar-refractivity contribution < 1.29 is 4.79 Å². The van der Waals surface area contributed by atoms with Crippen molar-refractivity contribution in [3.05, 3.63) is 41.6 Å². The summed E-state index contributed by atoms with van der Waals surface area (Å²) in [5.74, 6) is 1.22. The minimum absolute atomic E-state index is 0. The Labute approximate surface area is 158 Å². The van der Waals surface area contributed by atoms with Crippen molar-refractivity contribution in [1.29, 1.82) is 0 Å². The van der Waals surface area contributed by atoms with E-state index in [1.165, 1.54) is 12.8 Å². The summed E-state index contributed by atoms with van der Waals surface area (Å²) in [5.41, 5.74) is 0.836. The SMILES string of the molecule is Cl.O=C(CC1CC2CCC(C1)N2)Nc1ccnn1-c1cccc(Cl)c1. The van der Waals surface area contributed by atoms with E-state index in [9.17, 15) is 4.79 Å². The van der Waals surface area contributed by atoms with Crippen LogP contribution in [0.2, 0.25) is 5.02 Å². The molecule has 2 saturated heterocycles. The Morgan fingerprint density at radius 2 is 2.04 bits per heavy atom. The number of benzene rings is 1. The zero-order valence-corrected chi connectivity index (χ0v) is 15.4. The average molecular weight is 381 g/mol. The molecule has 0 aliphatic carbocycles. The maximum atomic E-state index is 12.5. The van der Waals surface area contributed by atoms with E-state index in [0.717, 1.165) is 18.5 Å². The monoisotopic (exact) mass is 380 g/mol. The molecule has 1 amide bonds. The number of carbonyl (C=O) groups is 1. The number of anilines is 1. The number of hydrogen-bond donors (Lipinski definition) is 2. The highest BCUT2D eigenvalue weighted by molar-refractivity contribution is 6.30. The third-order valence-electron chi connectivity index (χ3n) is 5.01. The lowest BCUT2D eigenvalue weighted by Crippen LogP contribution is -2.39. The molecule has 1 aromatic heterocycles. The molecule has 0 radical (unpaired) electrons. The molecule has 5 nitrogen and oxygen atoms in total. The highest BCUT2D eigenvalue weighted by Crippen LogP contribution is 2.32. The molecule has 0 saturated carbocycles. The Hall–Kier alpha value is -1.56. The molecule has 0 spiro atoms. The Bertz CT molecular complexity index is 736. The first-order valence-electron chi connectivity index (χ1n) is 8.53. The van der Waals surface area contributed by atoms with Crippen LogP contribution in [0.1, 0.15) is 32.1 Å². The van der Waals surface area contributed by atoms with Gasteiger partial charge in [0.15, 0.2) is 0 Å². The zero-order chi connectivity index (χ0) is 16.5. The molecule has 2 fully saturated rings. The summed E-state index contributed by atoms with van der Waals surface area (Å²) in [6.07, 6.45) is 6.99. The number of halogens is 2. The lowest BCUT2D eigenvalue weighted by molar-refractivity contribution is -0.117. The van der Waals surface area contributed by atoms with Crippen LogP contribution in [-0.4, -0.2) is 27.8 Å². The zero-order valence-electron chi connectivity index (χ0n) is 13.8. The van der Waals surface area contributed by atoms with Gasteiger partial charge in [-0.25, -0.2) is 4.68 Å². The lowest BCUT2D eigenvalue weighted by atomic mass is 9.89. The van der Waals surface area contributed by atoms with Crippen molar-refractivity contribution in [3.8, 4) is 5.69 Å². The number of carbonyl (C=O) groups excluding carboxylic acids is 1. The van der Waals surface area contributed by atoms with E-state index in [1.807, 2.05) is 30.3 Å². The predicted octanol–water partition coefficient (Wildman–Crippen LogP) is 3.81. The molecule has 2 N–H and O–H groups in total. The number of nitrogens with one attached hydrogen (secondary N) is 2. The smallest absolute Gasteiger partial charge is 0.225 e. The van der Waals surface area contributed by atoms with Crippen molar-refractivity contribution in [1.82, 2.24) is 15.1 Å². The molecule has 2 aliphatic rings.